The highest BCUT2D eigenvalue weighted by atomic mass is 35.5. The van der Waals surface area contributed by atoms with E-state index in [2.05, 4.69) is 5.32 Å². The molecular weight excluding hydrogens is 166 g/mol. The van der Waals surface area contributed by atoms with Gasteiger partial charge in [-0.2, -0.15) is 0 Å². The summed E-state index contributed by atoms with van der Waals surface area (Å²) in [5, 5.41) is 12.7. The van der Waals surface area contributed by atoms with Gasteiger partial charge in [0, 0.05) is 13.0 Å². The Morgan fingerprint density at radius 3 is 2.64 bits per heavy atom. The van der Waals surface area contributed by atoms with E-state index in [0.717, 1.165) is 6.42 Å². The smallest absolute Gasteiger partial charge is 0.0816 e. The molecule has 1 heterocycles. The number of hydrogen-bond acceptors (Lipinski definition) is 3. The first-order valence-electron chi connectivity index (χ1n) is 3.64. The van der Waals surface area contributed by atoms with Gasteiger partial charge in [-0.3, -0.25) is 0 Å². The van der Waals surface area contributed by atoms with Gasteiger partial charge in [0.15, 0.2) is 0 Å². The van der Waals surface area contributed by atoms with Gasteiger partial charge >= 0.3 is 0 Å². The van der Waals surface area contributed by atoms with E-state index in [1.807, 2.05) is 14.0 Å². The van der Waals surface area contributed by atoms with E-state index in [0.29, 0.717) is 13.2 Å². The molecule has 1 rings (SSSR count). The zero-order valence-corrected chi connectivity index (χ0v) is 7.78. The Balaban J connectivity index is 0.000001000. The third kappa shape index (κ3) is 2.60. The second kappa shape index (κ2) is 4.26. The van der Waals surface area contributed by atoms with Gasteiger partial charge in [-0.1, -0.05) is 0 Å². The molecule has 0 aromatic heterocycles. The third-order valence-corrected chi connectivity index (χ3v) is 2.14. The molecule has 3 nitrogen and oxygen atoms in total. The van der Waals surface area contributed by atoms with Gasteiger partial charge in [0.2, 0.25) is 0 Å². The lowest BCUT2D eigenvalue weighted by atomic mass is 9.92. The SMILES string of the molecule is CNC1COCCC1(C)O.Cl. The Kier molecular flexibility index (Phi) is 4.32. The maximum atomic E-state index is 9.69. The fraction of sp³-hybridized carbons (Fsp3) is 1.00. The third-order valence-electron chi connectivity index (χ3n) is 2.14. The van der Waals surface area contributed by atoms with Crippen LogP contribution in [-0.4, -0.2) is 37.0 Å². The highest BCUT2D eigenvalue weighted by molar-refractivity contribution is 5.85. The van der Waals surface area contributed by atoms with Gasteiger partial charge in [-0.15, -0.1) is 12.4 Å². The van der Waals surface area contributed by atoms with E-state index >= 15 is 0 Å². The Morgan fingerprint density at radius 2 is 2.27 bits per heavy atom. The van der Waals surface area contributed by atoms with Crippen LogP contribution in [0.4, 0.5) is 0 Å². The number of rotatable bonds is 1. The van der Waals surface area contributed by atoms with Gasteiger partial charge in [-0.25, -0.2) is 0 Å². The minimum Gasteiger partial charge on any atom is -0.388 e. The van der Waals surface area contributed by atoms with Crippen LogP contribution in [0.1, 0.15) is 13.3 Å². The van der Waals surface area contributed by atoms with Crippen molar-refractivity contribution in [1.82, 2.24) is 5.32 Å². The lowest BCUT2D eigenvalue weighted by Gasteiger charge is -2.36. The van der Waals surface area contributed by atoms with Crippen molar-refractivity contribution in [3.8, 4) is 0 Å². The molecule has 2 N–H and O–H groups in total. The largest absolute Gasteiger partial charge is 0.388 e. The van der Waals surface area contributed by atoms with Crippen LogP contribution in [0.3, 0.4) is 0 Å². The van der Waals surface area contributed by atoms with Crippen LogP contribution in [0.15, 0.2) is 0 Å². The molecular formula is C7H16ClNO2. The predicted octanol–water partition coefficient (Wildman–Crippen LogP) is 0.168. The lowest BCUT2D eigenvalue weighted by Crippen LogP contribution is -2.53. The molecule has 4 heteroatoms. The lowest BCUT2D eigenvalue weighted by molar-refractivity contribution is -0.0771. The summed E-state index contributed by atoms with van der Waals surface area (Å²) in [6.07, 6.45) is 0.721. The van der Waals surface area contributed by atoms with E-state index in [-0.39, 0.29) is 18.4 Å². The van der Waals surface area contributed by atoms with Crippen molar-refractivity contribution in [3.05, 3.63) is 0 Å². The maximum Gasteiger partial charge on any atom is 0.0816 e. The van der Waals surface area contributed by atoms with E-state index in [1.165, 1.54) is 0 Å². The fourth-order valence-corrected chi connectivity index (χ4v) is 1.23. The van der Waals surface area contributed by atoms with Gasteiger partial charge in [0.1, 0.15) is 0 Å². The molecule has 0 spiro atoms. The normalized spacial score (nSPS) is 37.9. The molecule has 2 unspecified atom stereocenters. The number of nitrogens with one attached hydrogen (secondary N) is 1. The molecule has 1 aliphatic heterocycles. The van der Waals surface area contributed by atoms with Crippen LogP contribution in [0.5, 0.6) is 0 Å². The molecule has 0 aromatic carbocycles. The number of likely N-dealkylation sites (N-methyl/N-ethyl adjacent to an activating group) is 1. The molecule has 0 aliphatic carbocycles. The Hall–Kier alpha value is 0.170. The van der Waals surface area contributed by atoms with Crippen LogP contribution in [0.25, 0.3) is 0 Å². The molecule has 1 saturated heterocycles. The zero-order valence-electron chi connectivity index (χ0n) is 6.96. The number of halogens is 1. The predicted molar refractivity (Wildman–Crippen MR) is 46.2 cm³/mol. The van der Waals surface area contributed by atoms with Crippen LogP contribution >= 0.6 is 12.4 Å². The van der Waals surface area contributed by atoms with Gasteiger partial charge in [0.25, 0.3) is 0 Å². The van der Waals surface area contributed by atoms with E-state index in [4.69, 9.17) is 4.74 Å². The standard InChI is InChI=1S/C7H15NO2.ClH/c1-7(9)3-4-10-5-6(7)8-2;/h6,8-9H,3-5H2,1-2H3;1H. The summed E-state index contributed by atoms with van der Waals surface area (Å²) >= 11 is 0. The van der Waals surface area contributed by atoms with Crippen LogP contribution in [0, 0.1) is 0 Å². The van der Waals surface area contributed by atoms with E-state index < -0.39 is 5.60 Å². The quantitative estimate of drug-likeness (QED) is 0.606. The summed E-state index contributed by atoms with van der Waals surface area (Å²) in [5.74, 6) is 0. The topological polar surface area (TPSA) is 41.5 Å². The summed E-state index contributed by atoms with van der Waals surface area (Å²) in [6, 6.07) is 0.0845. The molecule has 0 saturated carbocycles. The highest BCUT2D eigenvalue weighted by Crippen LogP contribution is 2.19. The number of hydrogen-bond donors (Lipinski definition) is 2. The molecule has 0 aromatic rings. The maximum absolute atomic E-state index is 9.69. The van der Waals surface area contributed by atoms with Crippen molar-refractivity contribution in [2.24, 2.45) is 0 Å². The zero-order chi connectivity index (χ0) is 7.61. The summed E-state index contributed by atoms with van der Waals surface area (Å²) in [5.41, 5.74) is -0.590. The average molecular weight is 182 g/mol. The second-order valence-electron chi connectivity index (χ2n) is 3.02. The van der Waals surface area contributed by atoms with Gasteiger partial charge < -0.3 is 15.2 Å². The number of aliphatic hydroxyl groups is 1. The first kappa shape index (κ1) is 11.2. The minimum atomic E-state index is -0.590. The van der Waals surface area contributed by atoms with Crippen molar-refractivity contribution < 1.29 is 9.84 Å². The second-order valence-corrected chi connectivity index (χ2v) is 3.02. The van der Waals surface area contributed by atoms with Crippen molar-refractivity contribution in [3.63, 3.8) is 0 Å². The Labute approximate surface area is 73.5 Å². The average Bonchev–Trinajstić information content (AvgIpc) is 1.87. The molecule has 1 fully saturated rings. The van der Waals surface area contributed by atoms with Crippen LogP contribution in [0.2, 0.25) is 0 Å². The van der Waals surface area contributed by atoms with E-state index in [9.17, 15) is 5.11 Å². The molecule has 2 atom stereocenters. The van der Waals surface area contributed by atoms with Crippen molar-refractivity contribution in [2.75, 3.05) is 20.3 Å². The minimum absolute atomic E-state index is 0. The first-order chi connectivity index (χ1) is 4.67. The Morgan fingerprint density at radius 1 is 1.64 bits per heavy atom. The van der Waals surface area contributed by atoms with Crippen molar-refractivity contribution >= 4 is 12.4 Å². The Bertz CT molecular complexity index is 119. The summed E-state index contributed by atoms with van der Waals surface area (Å²) < 4.78 is 5.19. The molecule has 0 radical (unpaired) electrons. The molecule has 1 aliphatic rings. The van der Waals surface area contributed by atoms with Gasteiger partial charge in [-0.05, 0) is 14.0 Å². The highest BCUT2D eigenvalue weighted by Gasteiger charge is 2.33. The van der Waals surface area contributed by atoms with Crippen molar-refractivity contribution in [1.29, 1.82) is 0 Å². The van der Waals surface area contributed by atoms with Crippen LogP contribution in [-0.2, 0) is 4.74 Å². The molecule has 11 heavy (non-hydrogen) atoms. The number of ether oxygens (including phenoxy) is 1. The molecule has 0 amide bonds. The van der Waals surface area contributed by atoms with Crippen molar-refractivity contribution in [2.45, 2.75) is 25.0 Å². The van der Waals surface area contributed by atoms with Crippen LogP contribution < -0.4 is 5.32 Å². The first-order valence-corrected chi connectivity index (χ1v) is 3.64. The fourth-order valence-electron chi connectivity index (χ4n) is 1.23. The monoisotopic (exact) mass is 181 g/mol. The summed E-state index contributed by atoms with van der Waals surface area (Å²) in [7, 11) is 1.84. The van der Waals surface area contributed by atoms with E-state index in [1.54, 1.807) is 0 Å². The molecule has 0 bridgehead atoms. The van der Waals surface area contributed by atoms with Gasteiger partial charge in [0.05, 0.1) is 18.2 Å². The molecule has 68 valence electrons. The summed E-state index contributed by atoms with van der Waals surface area (Å²) in [6.45, 7) is 3.13. The summed E-state index contributed by atoms with van der Waals surface area (Å²) in [4.78, 5) is 0.